The van der Waals surface area contributed by atoms with Crippen molar-refractivity contribution < 1.29 is 27.5 Å². The Morgan fingerprint density at radius 1 is 1.29 bits per heavy atom. The fraction of sp³-hybridized carbons (Fsp3) is 0.286. The van der Waals surface area contributed by atoms with Crippen LogP contribution in [-0.2, 0) is 6.42 Å². The Kier molecular flexibility index (Phi) is 4.02. The minimum Gasteiger partial charge on any atom is -0.475 e. The highest BCUT2D eigenvalue weighted by atomic mass is 19.2. The van der Waals surface area contributed by atoms with Gasteiger partial charge in [0.05, 0.1) is 5.69 Å². The molecule has 1 heterocycles. The number of oxazole rings is 1. The maximum Gasteiger partial charge on any atom is 0.373 e. The van der Waals surface area contributed by atoms with Crippen LogP contribution in [0.25, 0.3) is 11.5 Å². The minimum atomic E-state index is -1.61. The van der Waals surface area contributed by atoms with Crippen LogP contribution in [0, 0.1) is 23.4 Å². The molecule has 1 aromatic carbocycles. The number of nitrogens with zero attached hydrogens (tertiary/aromatic N) is 1. The summed E-state index contributed by atoms with van der Waals surface area (Å²) in [5, 5.41) is 9.05. The van der Waals surface area contributed by atoms with Crippen molar-refractivity contribution in [3.8, 4) is 11.5 Å². The Morgan fingerprint density at radius 2 is 1.86 bits per heavy atom. The summed E-state index contributed by atoms with van der Waals surface area (Å²) in [5.74, 6) is -6.26. The number of hydrogen-bond donors (Lipinski definition) is 1. The zero-order valence-corrected chi connectivity index (χ0v) is 11.3. The van der Waals surface area contributed by atoms with Gasteiger partial charge in [-0.3, -0.25) is 0 Å². The topological polar surface area (TPSA) is 63.3 Å². The second-order valence-corrected chi connectivity index (χ2v) is 4.95. The predicted molar refractivity (Wildman–Crippen MR) is 67.3 cm³/mol. The van der Waals surface area contributed by atoms with Crippen LogP contribution in [0.15, 0.2) is 16.5 Å². The van der Waals surface area contributed by atoms with Gasteiger partial charge in [0, 0.05) is 5.56 Å². The molecule has 2 rings (SSSR count). The molecule has 2 aromatic rings. The molecule has 0 aliphatic heterocycles. The fourth-order valence-electron chi connectivity index (χ4n) is 1.85. The Bertz CT molecular complexity index is 672. The molecule has 1 N–H and O–H groups in total. The van der Waals surface area contributed by atoms with Gasteiger partial charge in [-0.2, -0.15) is 0 Å². The van der Waals surface area contributed by atoms with Gasteiger partial charge in [0.25, 0.3) is 0 Å². The van der Waals surface area contributed by atoms with Gasteiger partial charge in [0.15, 0.2) is 17.5 Å². The average molecular weight is 299 g/mol. The van der Waals surface area contributed by atoms with E-state index in [-0.39, 0.29) is 28.8 Å². The van der Waals surface area contributed by atoms with Crippen LogP contribution in [0.1, 0.15) is 30.1 Å². The molecular weight excluding hydrogens is 287 g/mol. The zero-order chi connectivity index (χ0) is 15.7. The van der Waals surface area contributed by atoms with Crippen LogP contribution in [0.2, 0.25) is 0 Å². The van der Waals surface area contributed by atoms with Crippen LogP contribution < -0.4 is 0 Å². The largest absolute Gasteiger partial charge is 0.475 e. The summed E-state index contributed by atoms with van der Waals surface area (Å²) in [4.78, 5) is 15.0. The Hall–Kier alpha value is -2.31. The fourth-order valence-corrected chi connectivity index (χ4v) is 1.85. The summed E-state index contributed by atoms with van der Waals surface area (Å²) in [6.45, 7) is 3.72. The van der Waals surface area contributed by atoms with Gasteiger partial charge in [-0.15, -0.1) is 0 Å². The lowest BCUT2D eigenvalue weighted by Crippen LogP contribution is -2.03. The number of carboxylic acid groups (broad SMARTS) is 1. The number of carbonyl (C=O) groups is 1. The summed E-state index contributed by atoms with van der Waals surface area (Å²) < 4.78 is 44.4. The van der Waals surface area contributed by atoms with Gasteiger partial charge in [0.2, 0.25) is 11.7 Å². The molecule has 112 valence electrons. The third-order valence-electron chi connectivity index (χ3n) is 2.72. The number of aromatic nitrogens is 1. The second-order valence-electron chi connectivity index (χ2n) is 4.95. The standard InChI is InChI=1S/C14H12F3NO3/c1-6(2)3-10-12(14(19)20)21-13(18-10)7-4-8(15)11(17)9(16)5-7/h4-6H,3H2,1-2H3,(H,19,20). The lowest BCUT2D eigenvalue weighted by molar-refractivity contribution is 0.0661. The van der Waals surface area contributed by atoms with Crippen LogP contribution >= 0.6 is 0 Å². The van der Waals surface area contributed by atoms with Gasteiger partial charge in [0.1, 0.15) is 0 Å². The number of aromatic carboxylic acids is 1. The average Bonchev–Trinajstić information content (AvgIpc) is 2.78. The number of rotatable bonds is 4. The first-order valence-electron chi connectivity index (χ1n) is 6.17. The molecular formula is C14H12F3NO3. The maximum absolute atomic E-state index is 13.2. The van der Waals surface area contributed by atoms with Gasteiger partial charge in [-0.25, -0.2) is 22.9 Å². The summed E-state index contributed by atoms with van der Waals surface area (Å²) in [7, 11) is 0. The van der Waals surface area contributed by atoms with E-state index in [4.69, 9.17) is 9.52 Å². The molecule has 0 bridgehead atoms. The van der Waals surface area contributed by atoms with Crippen molar-refractivity contribution in [2.75, 3.05) is 0 Å². The monoisotopic (exact) mass is 299 g/mol. The van der Waals surface area contributed by atoms with E-state index in [0.29, 0.717) is 18.6 Å². The zero-order valence-electron chi connectivity index (χ0n) is 11.3. The molecule has 4 nitrogen and oxygen atoms in total. The Balaban J connectivity index is 2.52. The summed E-state index contributed by atoms with van der Waals surface area (Å²) in [6.07, 6.45) is 0.331. The molecule has 0 fully saturated rings. The Morgan fingerprint density at radius 3 is 2.33 bits per heavy atom. The van der Waals surface area contributed by atoms with Crippen molar-refractivity contribution in [2.45, 2.75) is 20.3 Å². The molecule has 0 spiro atoms. The number of hydrogen-bond acceptors (Lipinski definition) is 3. The molecule has 0 radical (unpaired) electrons. The summed E-state index contributed by atoms with van der Waals surface area (Å²) in [6, 6.07) is 1.41. The van der Waals surface area contributed by atoms with E-state index in [1.807, 2.05) is 13.8 Å². The molecule has 0 aliphatic rings. The second kappa shape index (κ2) is 5.59. The van der Waals surface area contributed by atoms with E-state index < -0.39 is 23.4 Å². The van der Waals surface area contributed by atoms with E-state index in [2.05, 4.69) is 4.98 Å². The smallest absolute Gasteiger partial charge is 0.373 e. The minimum absolute atomic E-state index is 0.114. The van der Waals surface area contributed by atoms with Crippen molar-refractivity contribution in [1.82, 2.24) is 4.98 Å². The van der Waals surface area contributed by atoms with E-state index >= 15 is 0 Å². The third kappa shape index (κ3) is 3.07. The van der Waals surface area contributed by atoms with Crippen molar-refractivity contribution in [3.63, 3.8) is 0 Å². The number of carboxylic acids is 1. The number of benzene rings is 1. The predicted octanol–water partition coefficient (Wildman–Crippen LogP) is 3.66. The molecule has 0 saturated carbocycles. The van der Waals surface area contributed by atoms with Crippen molar-refractivity contribution >= 4 is 5.97 Å². The first-order chi connectivity index (χ1) is 9.79. The van der Waals surface area contributed by atoms with Crippen molar-refractivity contribution in [1.29, 1.82) is 0 Å². The highest BCUT2D eigenvalue weighted by Gasteiger charge is 2.22. The van der Waals surface area contributed by atoms with Crippen molar-refractivity contribution in [3.05, 3.63) is 41.0 Å². The normalized spacial score (nSPS) is 11.1. The van der Waals surface area contributed by atoms with E-state index in [0.717, 1.165) is 0 Å². The molecule has 0 amide bonds. The maximum atomic E-state index is 13.2. The molecule has 0 aliphatic carbocycles. The first-order valence-corrected chi connectivity index (χ1v) is 6.17. The van der Waals surface area contributed by atoms with Crippen LogP contribution in [0.5, 0.6) is 0 Å². The third-order valence-corrected chi connectivity index (χ3v) is 2.72. The van der Waals surface area contributed by atoms with E-state index in [1.165, 1.54) is 0 Å². The van der Waals surface area contributed by atoms with E-state index in [9.17, 15) is 18.0 Å². The summed E-state index contributed by atoms with van der Waals surface area (Å²) >= 11 is 0. The summed E-state index contributed by atoms with van der Waals surface area (Å²) in [5.41, 5.74) is 0.0153. The molecule has 0 saturated heterocycles. The Labute approximate surface area is 118 Å². The van der Waals surface area contributed by atoms with Crippen molar-refractivity contribution in [2.24, 2.45) is 5.92 Å². The van der Waals surface area contributed by atoms with Crippen LogP contribution in [0.3, 0.4) is 0 Å². The molecule has 0 atom stereocenters. The first kappa shape index (κ1) is 15.1. The van der Waals surface area contributed by atoms with Crippen LogP contribution in [0.4, 0.5) is 13.2 Å². The van der Waals surface area contributed by atoms with E-state index in [1.54, 1.807) is 0 Å². The quantitative estimate of drug-likeness (QED) is 0.875. The molecule has 7 heteroatoms. The van der Waals surface area contributed by atoms with Gasteiger partial charge in [-0.05, 0) is 24.5 Å². The SMILES string of the molecule is CC(C)Cc1nc(-c2cc(F)c(F)c(F)c2)oc1C(=O)O. The van der Waals surface area contributed by atoms with Gasteiger partial charge < -0.3 is 9.52 Å². The molecule has 21 heavy (non-hydrogen) atoms. The van der Waals surface area contributed by atoms with Gasteiger partial charge in [-0.1, -0.05) is 13.8 Å². The highest BCUT2D eigenvalue weighted by Crippen LogP contribution is 2.26. The lowest BCUT2D eigenvalue weighted by atomic mass is 10.1. The highest BCUT2D eigenvalue weighted by molar-refractivity contribution is 5.86. The van der Waals surface area contributed by atoms with Gasteiger partial charge >= 0.3 is 5.97 Å². The molecule has 1 aromatic heterocycles. The number of halogens is 3. The molecule has 0 unspecified atom stereocenters. The van der Waals surface area contributed by atoms with Crippen LogP contribution in [-0.4, -0.2) is 16.1 Å². The lowest BCUT2D eigenvalue weighted by Gasteiger charge is -2.00.